The molecule has 1 aromatic carbocycles. The van der Waals surface area contributed by atoms with Crippen LogP contribution in [0, 0.1) is 0 Å². The minimum atomic E-state index is -0.626. The molecule has 0 atom stereocenters. The highest BCUT2D eigenvalue weighted by Crippen LogP contribution is 2.31. The Hall–Kier alpha value is -1.35. The van der Waals surface area contributed by atoms with Gasteiger partial charge in [-0.05, 0) is 49.9 Å². The molecule has 0 heterocycles. The van der Waals surface area contributed by atoms with Crippen LogP contribution in [0.15, 0.2) is 24.3 Å². The summed E-state index contributed by atoms with van der Waals surface area (Å²) < 4.78 is 5.67. The number of hydrogen-bond donors (Lipinski definition) is 1. The third-order valence-electron chi connectivity index (χ3n) is 3.89. The van der Waals surface area contributed by atoms with Crippen molar-refractivity contribution in [1.82, 2.24) is 0 Å². The maximum absolute atomic E-state index is 12.3. The van der Waals surface area contributed by atoms with Crippen molar-refractivity contribution in [3.8, 4) is 5.75 Å². The summed E-state index contributed by atoms with van der Waals surface area (Å²) in [6.07, 6.45) is 6.43. The molecule has 3 heteroatoms. The van der Waals surface area contributed by atoms with E-state index in [1.165, 1.54) is 0 Å². The number of nitrogens with two attached hydrogens (primary N) is 1. The number of benzene rings is 1. The largest absolute Gasteiger partial charge is 0.490 e. The average molecular weight is 245 g/mol. The van der Waals surface area contributed by atoms with Gasteiger partial charge in [-0.15, -0.1) is 0 Å². The van der Waals surface area contributed by atoms with E-state index in [0.717, 1.165) is 44.3 Å². The molecule has 0 aliphatic heterocycles. The number of Topliss-reactive ketones (excluding diaryl/α,β-unsaturated/α-hetero) is 1. The smallest absolute Gasteiger partial charge is 0.182 e. The van der Waals surface area contributed by atoms with Crippen LogP contribution < -0.4 is 10.5 Å². The fourth-order valence-electron chi connectivity index (χ4n) is 2.58. The Bertz CT molecular complexity index is 442. The summed E-state index contributed by atoms with van der Waals surface area (Å²) in [6.45, 7) is 0. The van der Waals surface area contributed by atoms with E-state index in [4.69, 9.17) is 10.5 Å². The zero-order chi connectivity index (χ0) is 12.6. The van der Waals surface area contributed by atoms with Crippen molar-refractivity contribution in [1.29, 1.82) is 0 Å². The summed E-state index contributed by atoms with van der Waals surface area (Å²) in [4.78, 5) is 12.3. The standard InChI is InChI=1S/C15H19NO2/c16-15(9-1-2-10-15)14(17)11-3-5-12(6-4-11)18-13-7-8-13/h3-6,13H,1-2,7-10,16H2. The van der Waals surface area contributed by atoms with E-state index in [9.17, 15) is 4.79 Å². The maximum atomic E-state index is 12.3. The van der Waals surface area contributed by atoms with Crippen molar-refractivity contribution in [3.63, 3.8) is 0 Å². The highest BCUT2D eigenvalue weighted by atomic mass is 16.5. The zero-order valence-electron chi connectivity index (χ0n) is 10.5. The van der Waals surface area contributed by atoms with Crippen molar-refractivity contribution in [2.75, 3.05) is 0 Å². The lowest BCUT2D eigenvalue weighted by Crippen LogP contribution is -2.45. The molecule has 0 radical (unpaired) electrons. The molecule has 0 unspecified atom stereocenters. The van der Waals surface area contributed by atoms with Crippen LogP contribution in [0.5, 0.6) is 5.75 Å². The molecule has 1 aromatic rings. The Labute approximate surface area is 107 Å². The van der Waals surface area contributed by atoms with E-state index < -0.39 is 5.54 Å². The number of ketones is 1. The fourth-order valence-corrected chi connectivity index (χ4v) is 2.58. The first-order valence-electron chi connectivity index (χ1n) is 6.78. The molecule has 2 N–H and O–H groups in total. The van der Waals surface area contributed by atoms with Gasteiger partial charge in [0.25, 0.3) is 0 Å². The lowest BCUT2D eigenvalue weighted by atomic mass is 9.89. The molecule has 2 fully saturated rings. The Kier molecular flexibility index (Phi) is 2.86. The SMILES string of the molecule is NC1(C(=O)c2ccc(OC3CC3)cc2)CCCC1. The maximum Gasteiger partial charge on any atom is 0.182 e. The zero-order valence-corrected chi connectivity index (χ0v) is 10.5. The van der Waals surface area contributed by atoms with Crippen LogP contribution in [0.25, 0.3) is 0 Å². The average Bonchev–Trinajstić information content (AvgIpc) is 3.09. The van der Waals surface area contributed by atoms with E-state index in [1.54, 1.807) is 0 Å². The van der Waals surface area contributed by atoms with Crippen LogP contribution in [0.3, 0.4) is 0 Å². The topological polar surface area (TPSA) is 52.3 Å². The first-order valence-corrected chi connectivity index (χ1v) is 6.78. The summed E-state index contributed by atoms with van der Waals surface area (Å²) in [6, 6.07) is 7.44. The van der Waals surface area contributed by atoms with E-state index in [1.807, 2.05) is 24.3 Å². The number of rotatable bonds is 4. The predicted octanol–water partition coefficient (Wildman–Crippen LogP) is 2.68. The second kappa shape index (κ2) is 4.39. The van der Waals surface area contributed by atoms with Crippen LogP contribution in [0.1, 0.15) is 48.9 Å². The second-order valence-electron chi connectivity index (χ2n) is 5.53. The van der Waals surface area contributed by atoms with Crippen molar-refractivity contribution in [2.24, 2.45) is 5.73 Å². The van der Waals surface area contributed by atoms with Gasteiger partial charge in [-0.2, -0.15) is 0 Å². The predicted molar refractivity (Wildman–Crippen MR) is 69.8 cm³/mol. The summed E-state index contributed by atoms with van der Waals surface area (Å²) in [5.41, 5.74) is 6.27. The summed E-state index contributed by atoms with van der Waals surface area (Å²) in [7, 11) is 0. The summed E-state index contributed by atoms with van der Waals surface area (Å²) >= 11 is 0. The monoisotopic (exact) mass is 245 g/mol. The van der Waals surface area contributed by atoms with Gasteiger partial charge in [0, 0.05) is 5.56 Å². The van der Waals surface area contributed by atoms with Crippen molar-refractivity contribution >= 4 is 5.78 Å². The van der Waals surface area contributed by atoms with Crippen LogP contribution in [0.4, 0.5) is 0 Å². The molecule has 0 aromatic heterocycles. The Morgan fingerprint density at radius 1 is 1.17 bits per heavy atom. The Balaban J connectivity index is 1.73. The summed E-state index contributed by atoms with van der Waals surface area (Å²) in [5, 5.41) is 0. The van der Waals surface area contributed by atoms with E-state index in [0.29, 0.717) is 11.7 Å². The summed E-state index contributed by atoms with van der Waals surface area (Å²) in [5.74, 6) is 0.935. The molecule has 0 spiro atoms. The van der Waals surface area contributed by atoms with Crippen molar-refractivity contribution < 1.29 is 9.53 Å². The first kappa shape index (κ1) is 11.7. The molecule has 3 nitrogen and oxygen atoms in total. The van der Waals surface area contributed by atoms with Gasteiger partial charge in [-0.3, -0.25) is 4.79 Å². The van der Waals surface area contributed by atoms with Crippen LogP contribution in [0.2, 0.25) is 0 Å². The third kappa shape index (κ3) is 2.27. The van der Waals surface area contributed by atoms with Gasteiger partial charge >= 0.3 is 0 Å². The van der Waals surface area contributed by atoms with Gasteiger partial charge < -0.3 is 10.5 Å². The number of carbonyl (C=O) groups is 1. The Morgan fingerprint density at radius 2 is 1.78 bits per heavy atom. The normalized spacial score (nSPS) is 21.8. The van der Waals surface area contributed by atoms with E-state index in [2.05, 4.69) is 0 Å². The first-order chi connectivity index (χ1) is 8.67. The molecule has 3 rings (SSSR count). The van der Waals surface area contributed by atoms with E-state index in [-0.39, 0.29) is 5.78 Å². The third-order valence-corrected chi connectivity index (χ3v) is 3.89. The molecule has 2 aliphatic rings. The van der Waals surface area contributed by atoms with Gasteiger partial charge in [0.05, 0.1) is 11.6 Å². The Morgan fingerprint density at radius 3 is 2.33 bits per heavy atom. The number of carbonyl (C=O) groups excluding carboxylic acids is 1. The van der Waals surface area contributed by atoms with Gasteiger partial charge in [0.15, 0.2) is 5.78 Å². The molecule has 18 heavy (non-hydrogen) atoms. The van der Waals surface area contributed by atoms with Crippen LogP contribution >= 0.6 is 0 Å². The molecular weight excluding hydrogens is 226 g/mol. The molecule has 0 amide bonds. The minimum absolute atomic E-state index is 0.0815. The number of ether oxygens (including phenoxy) is 1. The quantitative estimate of drug-likeness (QED) is 0.830. The number of hydrogen-bond acceptors (Lipinski definition) is 3. The highest BCUT2D eigenvalue weighted by molar-refractivity contribution is 6.03. The molecule has 2 aliphatic carbocycles. The van der Waals surface area contributed by atoms with Gasteiger partial charge in [-0.1, -0.05) is 12.8 Å². The molecule has 2 saturated carbocycles. The molecular formula is C15H19NO2. The van der Waals surface area contributed by atoms with Crippen LogP contribution in [-0.4, -0.2) is 17.4 Å². The van der Waals surface area contributed by atoms with Gasteiger partial charge in [0.1, 0.15) is 5.75 Å². The van der Waals surface area contributed by atoms with Gasteiger partial charge in [-0.25, -0.2) is 0 Å². The van der Waals surface area contributed by atoms with Crippen molar-refractivity contribution in [3.05, 3.63) is 29.8 Å². The minimum Gasteiger partial charge on any atom is -0.490 e. The highest BCUT2D eigenvalue weighted by Gasteiger charge is 2.37. The van der Waals surface area contributed by atoms with Crippen molar-refractivity contribution in [2.45, 2.75) is 50.2 Å². The lowest BCUT2D eigenvalue weighted by Gasteiger charge is -2.21. The van der Waals surface area contributed by atoms with Crippen LogP contribution in [-0.2, 0) is 0 Å². The lowest BCUT2D eigenvalue weighted by molar-refractivity contribution is 0.0892. The van der Waals surface area contributed by atoms with Gasteiger partial charge in [0.2, 0.25) is 0 Å². The molecule has 0 bridgehead atoms. The van der Waals surface area contributed by atoms with E-state index >= 15 is 0 Å². The molecule has 96 valence electrons. The molecule has 0 saturated heterocycles. The second-order valence-corrected chi connectivity index (χ2v) is 5.53. The fraction of sp³-hybridized carbons (Fsp3) is 0.533.